The molecule has 0 aliphatic carbocycles. The molecule has 148 valence electrons. The first-order valence-electron chi connectivity index (χ1n) is 10.5. The van der Waals surface area contributed by atoms with Crippen molar-refractivity contribution in [3.8, 4) is 12.3 Å². The first-order valence-corrected chi connectivity index (χ1v) is 10.5. The number of benzene rings is 1. The van der Waals surface area contributed by atoms with Gasteiger partial charge in [0.15, 0.2) is 0 Å². The molecule has 0 saturated carbocycles. The fourth-order valence-corrected chi connectivity index (χ4v) is 4.43. The number of hydrogen-bond acceptors (Lipinski definition) is 3. The average Bonchev–Trinajstić information content (AvgIpc) is 3.37. The predicted molar refractivity (Wildman–Crippen MR) is 113 cm³/mol. The Morgan fingerprint density at radius 3 is 2.46 bits per heavy atom. The van der Waals surface area contributed by atoms with Crippen molar-refractivity contribution in [3.05, 3.63) is 36.0 Å². The van der Waals surface area contributed by atoms with Crippen molar-refractivity contribution < 1.29 is 4.79 Å². The molecule has 2 aromatic rings. The highest BCUT2D eigenvalue weighted by atomic mass is 16.2. The lowest BCUT2D eigenvalue weighted by molar-refractivity contribution is -0.130. The lowest BCUT2D eigenvalue weighted by Gasteiger charge is -2.34. The first-order chi connectivity index (χ1) is 13.7. The summed E-state index contributed by atoms with van der Waals surface area (Å²) in [5.74, 6) is 2.98. The number of amides is 1. The number of rotatable bonds is 6. The average molecular weight is 379 g/mol. The van der Waals surface area contributed by atoms with Crippen molar-refractivity contribution in [3.63, 3.8) is 0 Å². The Morgan fingerprint density at radius 1 is 1.00 bits per heavy atom. The molecule has 0 bridgehead atoms. The standard InChI is InChI=1S/C23H30N4O/c1-2-3-10-24-13-15-25(16-14-24)17-20-18-27(22-9-5-4-8-21(20)22)19-23(28)26-11-6-7-12-26/h1,4-5,8-9,18H,3,6-7,10-17,19H2. The van der Waals surface area contributed by atoms with Crippen molar-refractivity contribution in [1.29, 1.82) is 0 Å². The van der Waals surface area contributed by atoms with Gasteiger partial charge in [-0.1, -0.05) is 18.2 Å². The van der Waals surface area contributed by atoms with Crippen molar-refractivity contribution >= 4 is 16.8 Å². The summed E-state index contributed by atoms with van der Waals surface area (Å²) in [6.45, 7) is 8.50. The van der Waals surface area contributed by atoms with E-state index in [1.54, 1.807) is 0 Å². The van der Waals surface area contributed by atoms with Crippen LogP contribution in [0.3, 0.4) is 0 Å². The third kappa shape index (κ3) is 4.24. The van der Waals surface area contributed by atoms with E-state index in [4.69, 9.17) is 6.42 Å². The maximum atomic E-state index is 12.7. The highest BCUT2D eigenvalue weighted by Gasteiger charge is 2.21. The van der Waals surface area contributed by atoms with Gasteiger partial charge in [0.25, 0.3) is 0 Å². The molecule has 0 unspecified atom stereocenters. The molecule has 4 rings (SSSR count). The SMILES string of the molecule is C#CCCN1CCN(Cc2cn(CC(=O)N3CCCC3)c3ccccc23)CC1. The number of terminal acetylenes is 1. The van der Waals surface area contributed by atoms with E-state index in [-0.39, 0.29) is 5.91 Å². The van der Waals surface area contributed by atoms with Gasteiger partial charge < -0.3 is 9.47 Å². The fourth-order valence-electron chi connectivity index (χ4n) is 4.43. The Morgan fingerprint density at radius 2 is 1.71 bits per heavy atom. The number of hydrogen-bond donors (Lipinski definition) is 0. The molecular weight excluding hydrogens is 348 g/mol. The molecular formula is C23H30N4O. The molecule has 28 heavy (non-hydrogen) atoms. The Labute approximate surface area is 167 Å². The second-order valence-electron chi connectivity index (χ2n) is 7.96. The zero-order valence-corrected chi connectivity index (χ0v) is 16.6. The fraction of sp³-hybridized carbons (Fsp3) is 0.522. The lowest BCUT2D eigenvalue weighted by Crippen LogP contribution is -2.46. The summed E-state index contributed by atoms with van der Waals surface area (Å²) < 4.78 is 2.15. The Hall–Kier alpha value is -2.29. The molecule has 2 fully saturated rings. The summed E-state index contributed by atoms with van der Waals surface area (Å²) in [5, 5.41) is 1.27. The second kappa shape index (κ2) is 8.81. The number of carbonyl (C=O) groups is 1. The van der Waals surface area contributed by atoms with Crippen LogP contribution >= 0.6 is 0 Å². The third-order valence-electron chi connectivity index (χ3n) is 6.07. The third-order valence-corrected chi connectivity index (χ3v) is 6.07. The van der Waals surface area contributed by atoms with Crippen LogP contribution in [0.2, 0.25) is 0 Å². The summed E-state index contributed by atoms with van der Waals surface area (Å²) >= 11 is 0. The predicted octanol–water partition coefficient (Wildman–Crippen LogP) is 2.40. The molecule has 0 N–H and O–H groups in total. The van der Waals surface area contributed by atoms with Crippen LogP contribution in [0.5, 0.6) is 0 Å². The largest absolute Gasteiger partial charge is 0.341 e. The molecule has 5 heteroatoms. The van der Waals surface area contributed by atoms with Crippen LogP contribution in [0.4, 0.5) is 0 Å². The first kappa shape index (κ1) is 19.0. The van der Waals surface area contributed by atoms with Crippen molar-refractivity contribution in [2.45, 2.75) is 32.4 Å². The van der Waals surface area contributed by atoms with Gasteiger partial charge in [-0.15, -0.1) is 12.3 Å². The number of para-hydroxylation sites is 1. The van der Waals surface area contributed by atoms with Crippen LogP contribution in [-0.4, -0.2) is 71.0 Å². The molecule has 1 aromatic carbocycles. The lowest BCUT2D eigenvalue weighted by atomic mass is 10.1. The van der Waals surface area contributed by atoms with E-state index in [1.165, 1.54) is 10.9 Å². The number of likely N-dealkylation sites (tertiary alicyclic amines) is 1. The van der Waals surface area contributed by atoms with Crippen LogP contribution in [0.15, 0.2) is 30.5 Å². The van der Waals surface area contributed by atoms with E-state index < -0.39 is 0 Å². The summed E-state index contributed by atoms with van der Waals surface area (Å²) in [6.07, 6.45) is 10.7. The van der Waals surface area contributed by atoms with Gasteiger partial charge in [-0.05, 0) is 24.5 Å². The van der Waals surface area contributed by atoms with Crippen LogP contribution in [0.25, 0.3) is 10.9 Å². The molecule has 2 aliphatic heterocycles. The van der Waals surface area contributed by atoms with E-state index >= 15 is 0 Å². The van der Waals surface area contributed by atoms with Gasteiger partial charge in [0.05, 0.1) is 0 Å². The highest BCUT2D eigenvalue weighted by molar-refractivity contribution is 5.86. The number of nitrogens with zero attached hydrogens (tertiary/aromatic N) is 4. The Bertz CT molecular complexity index is 851. The number of carbonyl (C=O) groups excluding carboxylic acids is 1. The molecule has 2 saturated heterocycles. The Balaban J connectivity index is 1.44. The maximum absolute atomic E-state index is 12.7. The van der Waals surface area contributed by atoms with E-state index in [2.05, 4.69) is 50.7 Å². The van der Waals surface area contributed by atoms with E-state index in [0.717, 1.165) is 77.1 Å². The monoisotopic (exact) mass is 378 g/mol. The van der Waals surface area contributed by atoms with Crippen molar-refractivity contribution in [1.82, 2.24) is 19.3 Å². The van der Waals surface area contributed by atoms with Crippen LogP contribution in [0, 0.1) is 12.3 Å². The van der Waals surface area contributed by atoms with Crippen LogP contribution < -0.4 is 0 Å². The number of piperazine rings is 1. The van der Waals surface area contributed by atoms with Crippen LogP contribution in [0.1, 0.15) is 24.8 Å². The smallest absolute Gasteiger partial charge is 0.242 e. The van der Waals surface area contributed by atoms with E-state index in [1.807, 2.05) is 4.90 Å². The van der Waals surface area contributed by atoms with E-state index in [9.17, 15) is 4.79 Å². The summed E-state index contributed by atoms with van der Waals surface area (Å²) in [4.78, 5) is 19.6. The maximum Gasteiger partial charge on any atom is 0.242 e. The summed E-state index contributed by atoms with van der Waals surface area (Å²) in [5.41, 5.74) is 2.49. The van der Waals surface area contributed by atoms with Crippen molar-refractivity contribution in [2.75, 3.05) is 45.8 Å². The van der Waals surface area contributed by atoms with Gasteiger partial charge in [-0.25, -0.2) is 0 Å². The molecule has 0 spiro atoms. The van der Waals surface area contributed by atoms with Gasteiger partial charge in [0.2, 0.25) is 5.91 Å². The molecule has 0 radical (unpaired) electrons. The van der Waals surface area contributed by atoms with E-state index in [0.29, 0.717) is 6.54 Å². The normalized spacial score (nSPS) is 18.6. The van der Waals surface area contributed by atoms with Crippen LogP contribution in [-0.2, 0) is 17.9 Å². The molecule has 2 aliphatic rings. The van der Waals surface area contributed by atoms with Crippen molar-refractivity contribution in [2.24, 2.45) is 0 Å². The summed E-state index contributed by atoms with van der Waals surface area (Å²) in [7, 11) is 0. The summed E-state index contributed by atoms with van der Waals surface area (Å²) in [6, 6.07) is 8.47. The van der Waals surface area contributed by atoms with Gasteiger partial charge in [0.1, 0.15) is 6.54 Å². The minimum atomic E-state index is 0.243. The number of fused-ring (bicyclic) bond motifs is 1. The van der Waals surface area contributed by atoms with Gasteiger partial charge in [-0.3, -0.25) is 14.6 Å². The Kier molecular flexibility index (Phi) is 5.99. The highest BCUT2D eigenvalue weighted by Crippen LogP contribution is 2.24. The zero-order valence-electron chi connectivity index (χ0n) is 16.6. The molecule has 5 nitrogen and oxygen atoms in total. The quantitative estimate of drug-likeness (QED) is 0.724. The molecule has 1 aromatic heterocycles. The molecule has 3 heterocycles. The van der Waals surface area contributed by atoms with Gasteiger partial charge >= 0.3 is 0 Å². The molecule has 0 atom stereocenters. The number of aromatic nitrogens is 1. The second-order valence-corrected chi connectivity index (χ2v) is 7.96. The zero-order chi connectivity index (χ0) is 19.3. The minimum absolute atomic E-state index is 0.243. The minimum Gasteiger partial charge on any atom is -0.341 e. The van der Waals surface area contributed by atoms with Gasteiger partial charge in [-0.2, -0.15) is 0 Å². The molecule has 1 amide bonds. The topological polar surface area (TPSA) is 31.7 Å². The van der Waals surface area contributed by atoms with Gasteiger partial charge in [0, 0.05) is 75.9 Å².